The Morgan fingerprint density at radius 3 is 1.58 bits per heavy atom. The molecule has 0 aliphatic heterocycles. The highest BCUT2D eigenvalue weighted by atomic mass is 16.5. The Bertz CT molecular complexity index is 1420. The molecule has 0 aliphatic rings. The van der Waals surface area contributed by atoms with Gasteiger partial charge in [-0.25, -0.2) is 9.59 Å². The topological polar surface area (TPSA) is 80.3 Å². The molecule has 236 valence electrons. The van der Waals surface area contributed by atoms with E-state index >= 15 is 0 Å². The maximum atomic E-state index is 12.7. The summed E-state index contributed by atoms with van der Waals surface area (Å²) in [5.74, 6) is -0.636. The minimum absolute atomic E-state index is 0.301. The van der Waals surface area contributed by atoms with Crippen LogP contribution < -0.4 is 0 Å². The Hall–Kier alpha value is -4.30. The van der Waals surface area contributed by atoms with Crippen LogP contribution >= 0.6 is 0 Å². The zero-order valence-corrected chi connectivity index (χ0v) is 25.7. The molecule has 7 heteroatoms. The van der Waals surface area contributed by atoms with Gasteiger partial charge in [0.2, 0.25) is 0 Å². The van der Waals surface area contributed by atoms with E-state index in [1.54, 1.807) is 18.2 Å². The molecule has 0 spiro atoms. The van der Waals surface area contributed by atoms with Gasteiger partial charge in [0.1, 0.15) is 0 Å². The SMILES string of the molecule is O=C(OCCCCOCCCCOC(=O)c1cccc(-c2cccc(COCCOCc3ccccc3)c2)c1)c1ccccc1. The number of carbonyl (C=O) groups excluding carboxylic acids is 2. The third-order valence-corrected chi connectivity index (χ3v) is 6.95. The zero-order valence-electron chi connectivity index (χ0n) is 25.7. The van der Waals surface area contributed by atoms with Crippen molar-refractivity contribution in [2.75, 3.05) is 39.6 Å². The molecule has 4 aromatic carbocycles. The first-order valence-electron chi connectivity index (χ1n) is 15.5. The third kappa shape index (κ3) is 12.7. The molecule has 4 rings (SSSR count). The number of esters is 2. The van der Waals surface area contributed by atoms with Crippen molar-refractivity contribution in [1.29, 1.82) is 0 Å². The maximum Gasteiger partial charge on any atom is 0.338 e. The summed E-state index contributed by atoms with van der Waals surface area (Å²) in [4.78, 5) is 24.6. The molecule has 0 aromatic heterocycles. The highest BCUT2D eigenvalue weighted by Gasteiger charge is 2.09. The average Bonchev–Trinajstić information content (AvgIpc) is 3.09. The molecule has 0 aliphatic carbocycles. The summed E-state index contributed by atoms with van der Waals surface area (Å²) in [5, 5.41) is 0. The molecule has 0 atom stereocenters. The number of benzene rings is 4. The van der Waals surface area contributed by atoms with Crippen LogP contribution in [-0.4, -0.2) is 51.6 Å². The van der Waals surface area contributed by atoms with Crippen LogP contribution in [0.15, 0.2) is 109 Å². The van der Waals surface area contributed by atoms with Crippen molar-refractivity contribution < 1.29 is 33.3 Å². The number of hydrogen-bond donors (Lipinski definition) is 0. The predicted octanol–water partition coefficient (Wildman–Crippen LogP) is 7.68. The molecule has 0 bridgehead atoms. The van der Waals surface area contributed by atoms with E-state index in [2.05, 4.69) is 6.07 Å². The summed E-state index contributed by atoms with van der Waals surface area (Å²) in [6.45, 7) is 4.01. The van der Waals surface area contributed by atoms with Gasteiger partial charge in [0.25, 0.3) is 0 Å². The van der Waals surface area contributed by atoms with Gasteiger partial charge in [0.05, 0.1) is 50.8 Å². The quantitative estimate of drug-likeness (QED) is 0.0750. The van der Waals surface area contributed by atoms with Gasteiger partial charge in [-0.05, 0) is 78.3 Å². The Labute approximate surface area is 266 Å². The second-order valence-corrected chi connectivity index (χ2v) is 10.5. The van der Waals surface area contributed by atoms with E-state index in [4.69, 9.17) is 23.7 Å². The minimum atomic E-state index is -0.335. The fourth-order valence-electron chi connectivity index (χ4n) is 4.52. The molecule has 45 heavy (non-hydrogen) atoms. The van der Waals surface area contributed by atoms with Gasteiger partial charge in [-0.3, -0.25) is 0 Å². The van der Waals surface area contributed by atoms with Crippen molar-refractivity contribution >= 4 is 11.9 Å². The maximum absolute atomic E-state index is 12.7. The predicted molar refractivity (Wildman–Crippen MR) is 174 cm³/mol. The molecule has 0 saturated heterocycles. The molecule has 0 unspecified atom stereocenters. The molecule has 7 nitrogen and oxygen atoms in total. The van der Waals surface area contributed by atoms with Crippen LogP contribution in [0.25, 0.3) is 11.1 Å². The van der Waals surface area contributed by atoms with E-state index in [1.165, 1.54) is 0 Å². The Morgan fingerprint density at radius 2 is 0.911 bits per heavy atom. The molecule has 0 fully saturated rings. The van der Waals surface area contributed by atoms with Crippen molar-refractivity contribution in [2.45, 2.75) is 38.9 Å². The lowest BCUT2D eigenvalue weighted by Gasteiger charge is -2.09. The van der Waals surface area contributed by atoms with Gasteiger partial charge in [0, 0.05) is 13.2 Å². The molecule has 0 heterocycles. The van der Waals surface area contributed by atoms with Crippen LogP contribution in [0, 0.1) is 0 Å². The molecule has 4 aromatic rings. The first-order chi connectivity index (χ1) is 22.2. The second-order valence-electron chi connectivity index (χ2n) is 10.5. The van der Waals surface area contributed by atoms with E-state index in [9.17, 15) is 9.59 Å². The summed E-state index contributed by atoms with van der Waals surface area (Å²) in [7, 11) is 0. The van der Waals surface area contributed by atoms with Gasteiger partial charge in [-0.1, -0.05) is 78.9 Å². The van der Waals surface area contributed by atoms with Crippen LogP contribution in [0.2, 0.25) is 0 Å². The summed E-state index contributed by atoms with van der Waals surface area (Å²) in [5.41, 5.74) is 5.24. The van der Waals surface area contributed by atoms with Crippen molar-refractivity contribution in [3.05, 3.63) is 131 Å². The molecule has 0 amide bonds. The third-order valence-electron chi connectivity index (χ3n) is 6.95. The van der Waals surface area contributed by atoms with Gasteiger partial charge in [-0.2, -0.15) is 0 Å². The lowest BCUT2D eigenvalue weighted by atomic mass is 10.0. The van der Waals surface area contributed by atoms with E-state index in [0.29, 0.717) is 64.0 Å². The van der Waals surface area contributed by atoms with Crippen molar-refractivity contribution in [3.8, 4) is 11.1 Å². The van der Waals surface area contributed by atoms with E-state index in [1.807, 2.05) is 84.9 Å². The van der Waals surface area contributed by atoms with Crippen LogP contribution in [0.5, 0.6) is 0 Å². The lowest BCUT2D eigenvalue weighted by molar-refractivity contribution is 0.0339. The number of hydrogen-bond acceptors (Lipinski definition) is 7. The minimum Gasteiger partial charge on any atom is -0.462 e. The fraction of sp³-hybridized carbons (Fsp3) is 0.316. The van der Waals surface area contributed by atoms with Crippen LogP contribution in [0.1, 0.15) is 57.5 Å². The summed E-state index contributed by atoms with van der Waals surface area (Å²) >= 11 is 0. The second kappa shape index (κ2) is 19.9. The average molecular weight is 611 g/mol. The van der Waals surface area contributed by atoms with Crippen LogP contribution in [0.3, 0.4) is 0 Å². The molecular formula is C38H42O7. The van der Waals surface area contributed by atoms with Crippen molar-refractivity contribution in [1.82, 2.24) is 0 Å². The molecule has 0 N–H and O–H groups in total. The van der Waals surface area contributed by atoms with Crippen molar-refractivity contribution in [3.63, 3.8) is 0 Å². The Kier molecular flexibility index (Phi) is 14.8. The van der Waals surface area contributed by atoms with Crippen molar-refractivity contribution in [2.24, 2.45) is 0 Å². The van der Waals surface area contributed by atoms with E-state index < -0.39 is 0 Å². The monoisotopic (exact) mass is 610 g/mol. The Balaban J connectivity index is 1.06. The molecule has 0 radical (unpaired) electrons. The van der Waals surface area contributed by atoms with Gasteiger partial charge in [0.15, 0.2) is 0 Å². The molecule has 0 saturated carbocycles. The first kappa shape index (κ1) is 33.6. The van der Waals surface area contributed by atoms with Gasteiger partial charge in [-0.15, -0.1) is 0 Å². The summed E-state index contributed by atoms with van der Waals surface area (Å²) < 4.78 is 27.9. The zero-order chi connectivity index (χ0) is 31.4. The summed E-state index contributed by atoms with van der Waals surface area (Å²) in [6, 6.07) is 34.7. The molecular weight excluding hydrogens is 568 g/mol. The van der Waals surface area contributed by atoms with Gasteiger partial charge >= 0.3 is 11.9 Å². The first-order valence-corrected chi connectivity index (χ1v) is 15.5. The smallest absolute Gasteiger partial charge is 0.338 e. The van der Waals surface area contributed by atoms with E-state index in [-0.39, 0.29) is 11.9 Å². The highest BCUT2D eigenvalue weighted by Crippen LogP contribution is 2.22. The van der Waals surface area contributed by atoms with Crippen LogP contribution in [-0.2, 0) is 36.9 Å². The standard InChI is InChI=1S/C38H42O7/c39-37(33-16-5-2-6-17-33)44-23-9-7-21-41-22-8-10-24-45-38(40)36-20-12-19-35(28-36)34-18-11-15-32(27-34)30-43-26-25-42-29-31-13-3-1-4-14-31/h1-6,11-20,27-28H,7-10,21-26,29-30H2. The summed E-state index contributed by atoms with van der Waals surface area (Å²) in [6.07, 6.45) is 3.08. The van der Waals surface area contributed by atoms with E-state index in [0.717, 1.165) is 47.9 Å². The largest absolute Gasteiger partial charge is 0.462 e. The lowest BCUT2D eigenvalue weighted by Crippen LogP contribution is -2.08. The highest BCUT2D eigenvalue weighted by molar-refractivity contribution is 5.91. The Morgan fingerprint density at radius 1 is 0.422 bits per heavy atom. The number of ether oxygens (including phenoxy) is 5. The van der Waals surface area contributed by atoms with Crippen LogP contribution in [0.4, 0.5) is 0 Å². The fourth-order valence-corrected chi connectivity index (χ4v) is 4.52. The number of carbonyl (C=O) groups is 2. The van der Waals surface area contributed by atoms with Gasteiger partial charge < -0.3 is 23.7 Å². The number of rotatable bonds is 20. The normalized spacial score (nSPS) is 10.8. The number of unbranched alkanes of at least 4 members (excludes halogenated alkanes) is 2.